The summed E-state index contributed by atoms with van der Waals surface area (Å²) in [6.07, 6.45) is 15.9. The highest BCUT2D eigenvalue weighted by Gasteiger charge is 2.27. The van der Waals surface area contributed by atoms with Gasteiger partial charge in [-0.25, -0.2) is 13.2 Å². The van der Waals surface area contributed by atoms with Crippen LogP contribution in [0.25, 0.3) is 11.1 Å². The molecular weight excluding hydrogens is 464 g/mol. The van der Waals surface area contributed by atoms with E-state index in [1.807, 2.05) is 0 Å². The molecule has 0 amide bonds. The highest BCUT2D eigenvalue weighted by molar-refractivity contribution is 5.66. The fraction of sp³-hybridized carbons (Fsp3) is 0.548. The molecular formula is C31H38F4O. The molecule has 2 aromatic carbocycles. The molecule has 0 heterocycles. The van der Waals surface area contributed by atoms with Gasteiger partial charge in [0.05, 0.1) is 6.61 Å². The predicted molar refractivity (Wildman–Crippen MR) is 137 cm³/mol. The van der Waals surface area contributed by atoms with Crippen LogP contribution in [0.3, 0.4) is 0 Å². The summed E-state index contributed by atoms with van der Waals surface area (Å²) in [6.45, 7) is 4.17. The zero-order valence-corrected chi connectivity index (χ0v) is 21.5. The number of benzene rings is 2. The van der Waals surface area contributed by atoms with Crippen molar-refractivity contribution in [2.24, 2.45) is 17.8 Å². The van der Waals surface area contributed by atoms with Crippen molar-refractivity contribution < 1.29 is 22.3 Å². The number of hydrogen-bond donors (Lipinski definition) is 0. The van der Waals surface area contributed by atoms with Crippen LogP contribution < -0.4 is 4.74 Å². The Morgan fingerprint density at radius 3 is 2.08 bits per heavy atom. The van der Waals surface area contributed by atoms with Crippen molar-refractivity contribution in [2.45, 2.75) is 84.0 Å². The SMILES string of the molecule is CCOc1ccc(-c2ccc(C3CCC(CC/C=C/C4CCC(C)CC4)CC3)c(F)c2F)c(F)c1F. The van der Waals surface area contributed by atoms with E-state index >= 15 is 8.78 Å². The molecule has 1 nitrogen and oxygen atoms in total. The second-order valence-corrected chi connectivity index (χ2v) is 10.7. The number of rotatable bonds is 8. The van der Waals surface area contributed by atoms with Gasteiger partial charge in [-0.2, -0.15) is 4.39 Å². The number of halogens is 4. The topological polar surface area (TPSA) is 9.23 Å². The molecule has 2 aliphatic carbocycles. The highest BCUT2D eigenvalue weighted by Crippen LogP contribution is 2.41. The summed E-state index contributed by atoms with van der Waals surface area (Å²) >= 11 is 0. The van der Waals surface area contributed by atoms with E-state index in [0.29, 0.717) is 11.5 Å². The lowest BCUT2D eigenvalue weighted by molar-refractivity contribution is 0.305. The average Bonchev–Trinajstić information content (AvgIpc) is 2.88. The molecule has 36 heavy (non-hydrogen) atoms. The van der Waals surface area contributed by atoms with Gasteiger partial charge in [0.15, 0.2) is 23.2 Å². The summed E-state index contributed by atoms with van der Waals surface area (Å²) in [4.78, 5) is 0. The average molecular weight is 503 g/mol. The molecule has 196 valence electrons. The molecule has 0 N–H and O–H groups in total. The van der Waals surface area contributed by atoms with Crippen LogP contribution in [0.15, 0.2) is 36.4 Å². The van der Waals surface area contributed by atoms with Crippen LogP contribution in [0.1, 0.15) is 89.5 Å². The van der Waals surface area contributed by atoms with E-state index in [0.717, 1.165) is 50.4 Å². The molecule has 0 aliphatic heterocycles. The summed E-state index contributed by atoms with van der Waals surface area (Å²) in [5.74, 6) is -2.57. The van der Waals surface area contributed by atoms with Gasteiger partial charge >= 0.3 is 0 Å². The Balaban J connectivity index is 1.34. The van der Waals surface area contributed by atoms with Crippen molar-refractivity contribution >= 4 is 0 Å². The molecule has 0 radical (unpaired) electrons. The Morgan fingerprint density at radius 1 is 0.778 bits per heavy atom. The Morgan fingerprint density at radius 2 is 1.42 bits per heavy atom. The maximum Gasteiger partial charge on any atom is 0.201 e. The molecule has 2 fully saturated rings. The molecule has 2 aliphatic rings. The zero-order chi connectivity index (χ0) is 25.7. The third kappa shape index (κ3) is 6.15. The zero-order valence-electron chi connectivity index (χ0n) is 21.5. The first kappa shape index (κ1) is 26.8. The number of hydrogen-bond acceptors (Lipinski definition) is 1. The van der Waals surface area contributed by atoms with Gasteiger partial charge < -0.3 is 4.74 Å². The molecule has 0 saturated heterocycles. The minimum Gasteiger partial charge on any atom is -0.491 e. The summed E-state index contributed by atoms with van der Waals surface area (Å²) in [5, 5.41) is 0. The van der Waals surface area contributed by atoms with Gasteiger partial charge in [0.1, 0.15) is 0 Å². The maximum atomic E-state index is 15.1. The normalized spacial score (nSPS) is 24.8. The van der Waals surface area contributed by atoms with Crippen molar-refractivity contribution in [2.75, 3.05) is 6.61 Å². The third-order valence-electron chi connectivity index (χ3n) is 8.25. The largest absolute Gasteiger partial charge is 0.491 e. The Bertz CT molecular complexity index is 1050. The van der Waals surface area contributed by atoms with Gasteiger partial charge in [0, 0.05) is 11.1 Å². The quantitative estimate of drug-likeness (QED) is 0.258. The smallest absolute Gasteiger partial charge is 0.201 e. The molecule has 5 heteroatoms. The van der Waals surface area contributed by atoms with Gasteiger partial charge in [-0.05, 0) is 99.7 Å². The molecule has 0 spiro atoms. The molecule has 2 saturated carbocycles. The third-order valence-corrected chi connectivity index (χ3v) is 8.25. The van der Waals surface area contributed by atoms with E-state index in [4.69, 9.17) is 4.74 Å². The van der Waals surface area contributed by atoms with Gasteiger partial charge in [-0.1, -0.05) is 44.1 Å². The molecule has 0 unspecified atom stereocenters. The van der Waals surface area contributed by atoms with Crippen LogP contribution in [-0.2, 0) is 0 Å². The van der Waals surface area contributed by atoms with Gasteiger partial charge in [0.2, 0.25) is 5.82 Å². The highest BCUT2D eigenvalue weighted by atomic mass is 19.2. The molecule has 0 bridgehead atoms. The van der Waals surface area contributed by atoms with Crippen molar-refractivity contribution in [1.82, 2.24) is 0 Å². The van der Waals surface area contributed by atoms with Crippen molar-refractivity contribution in [1.29, 1.82) is 0 Å². The maximum absolute atomic E-state index is 15.1. The Labute approximate surface area is 212 Å². The van der Waals surface area contributed by atoms with Gasteiger partial charge in [-0.15, -0.1) is 0 Å². The lowest BCUT2D eigenvalue weighted by Gasteiger charge is -2.29. The molecule has 0 atom stereocenters. The number of ether oxygens (including phenoxy) is 1. The first-order valence-electron chi connectivity index (χ1n) is 13.6. The molecule has 0 aromatic heterocycles. The summed E-state index contributed by atoms with van der Waals surface area (Å²) < 4.78 is 64.0. The lowest BCUT2D eigenvalue weighted by Crippen LogP contribution is -2.15. The Hall–Kier alpha value is -2.30. The Kier molecular flexibility index (Phi) is 9.14. The standard InChI is InChI=1S/C31H38F4O/c1-3-36-27-19-18-26(30(34)31(27)35)25-17-16-24(28(32)29(25)33)23-14-12-22(13-15-23)7-5-4-6-21-10-8-20(2)9-11-21/h4,6,16-23H,3,5,7-15H2,1-2H3/b6-4+. The van der Waals surface area contributed by atoms with E-state index in [1.54, 1.807) is 13.0 Å². The van der Waals surface area contributed by atoms with E-state index < -0.39 is 23.3 Å². The van der Waals surface area contributed by atoms with E-state index in [-0.39, 0.29) is 29.4 Å². The van der Waals surface area contributed by atoms with Crippen LogP contribution in [0.5, 0.6) is 5.75 Å². The van der Waals surface area contributed by atoms with E-state index in [1.165, 1.54) is 43.9 Å². The van der Waals surface area contributed by atoms with Gasteiger partial charge in [-0.3, -0.25) is 0 Å². The minimum absolute atomic E-state index is 0.0496. The van der Waals surface area contributed by atoms with E-state index in [9.17, 15) is 8.78 Å². The van der Waals surface area contributed by atoms with Crippen molar-refractivity contribution in [3.63, 3.8) is 0 Å². The van der Waals surface area contributed by atoms with E-state index in [2.05, 4.69) is 19.1 Å². The van der Waals surface area contributed by atoms with Crippen molar-refractivity contribution in [3.05, 3.63) is 65.2 Å². The van der Waals surface area contributed by atoms with Crippen LogP contribution in [-0.4, -0.2) is 6.61 Å². The summed E-state index contributed by atoms with van der Waals surface area (Å²) in [5.41, 5.74) is -0.241. The first-order valence-corrected chi connectivity index (χ1v) is 13.6. The second kappa shape index (κ2) is 12.3. The predicted octanol–water partition coefficient (Wildman–Crippen LogP) is 9.75. The van der Waals surface area contributed by atoms with Crippen LogP contribution in [0, 0.1) is 41.0 Å². The minimum atomic E-state index is -1.24. The first-order chi connectivity index (χ1) is 17.4. The number of allylic oxidation sites excluding steroid dienone is 2. The lowest BCUT2D eigenvalue weighted by atomic mass is 9.76. The summed E-state index contributed by atoms with van der Waals surface area (Å²) in [6, 6.07) is 5.39. The fourth-order valence-electron chi connectivity index (χ4n) is 5.96. The van der Waals surface area contributed by atoms with Crippen LogP contribution >= 0.6 is 0 Å². The monoisotopic (exact) mass is 502 g/mol. The molecule has 4 rings (SSSR count). The molecule has 2 aromatic rings. The fourth-order valence-corrected chi connectivity index (χ4v) is 5.96. The van der Waals surface area contributed by atoms with Crippen LogP contribution in [0.2, 0.25) is 0 Å². The second-order valence-electron chi connectivity index (χ2n) is 10.7. The van der Waals surface area contributed by atoms with Crippen LogP contribution in [0.4, 0.5) is 17.6 Å². The van der Waals surface area contributed by atoms with Gasteiger partial charge in [0.25, 0.3) is 0 Å². The summed E-state index contributed by atoms with van der Waals surface area (Å²) in [7, 11) is 0. The van der Waals surface area contributed by atoms with Crippen molar-refractivity contribution in [3.8, 4) is 16.9 Å².